The molecule has 0 fully saturated rings. The molecule has 0 aliphatic carbocycles. The molecule has 1 unspecified atom stereocenters. The zero-order valence-electron chi connectivity index (χ0n) is 9.91. The van der Waals surface area contributed by atoms with Gasteiger partial charge in [-0.15, -0.1) is 11.6 Å². The molecule has 0 radical (unpaired) electrons. The summed E-state index contributed by atoms with van der Waals surface area (Å²) in [5, 5.41) is 3.30. The highest BCUT2D eigenvalue weighted by atomic mass is 35.5. The number of halogens is 2. The van der Waals surface area contributed by atoms with Crippen LogP contribution in [0.25, 0.3) is 0 Å². The Morgan fingerprint density at radius 1 is 1.53 bits per heavy atom. The molecule has 1 atom stereocenters. The first kappa shape index (κ1) is 14.3. The van der Waals surface area contributed by atoms with Gasteiger partial charge in [-0.3, -0.25) is 9.78 Å². The van der Waals surface area contributed by atoms with Gasteiger partial charge in [0, 0.05) is 24.3 Å². The van der Waals surface area contributed by atoms with Crippen LogP contribution in [0, 0.1) is 5.92 Å². The van der Waals surface area contributed by atoms with Gasteiger partial charge in [0.1, 0.15) is 0 Å². The molecule has 0 aromatic carbocycles. The maximum absolute atomic E-state index is 12.0. The number of nitrogens with one attached hydrogen (secondary N) is 1. The first-order chi connectivity index (χ1) is 8.06. The second-order valence-corrected chi connectivity index (χ2v) is 4.94. The van der Waals surface area contributed by atoms with Crippen LogP contribution in [0.4, 0.5) is 0 Å². The molecule has 0 aliphatic rings. The maximum atomic E-state index is 12.0. The molecule has 94 valence electrons. The average molecular weight is 275 g/mol. The Morgan fingerprint density at radius 2 is 2.24 bits per heavy atom. The molecule has 0 spiro atoms. The van der Waals surface area contributed by atoms with Crippen molar-refractivity contribution in [3.8, 4) is 0 Å². The van der Waals surface area contributed by atoms with E-state index in [4.69, 9.17) is 23.2 Å². The van der Waals surface area contributed by atoms with Gasteiger partial charge < -0.3 is 5.32 Å². The Morgan fingerprint density at radius 3 is 2.76 bits per heavy atom. The number of aromatic nitrogens is 1. The zero-order valence-corrected chi connectivity index (χ0v) is 11.4. The molecule has 1 aromatic heterocycles. The molecule has 17 heavy (non-hydrogen) atoms. The second-order valence-electron chi connectivity index (χ2n) is 4.16. The summed E-state index contributed by atoms with van der Waals surface area (Å²) in [5.74, 6) is 0.673. The Balaban J connectivity index is 2.74. The fourth-order valence-electron chi connectivity index (χ4n) is 1.50. The van der Waals surface area contributed by atoms with Crippen LogP contribution in [0.5, 0.6) is 0 Å². The summed E-state index contributed by atoms with van der Waals surface area (Å²) in [6.07, 6.45) is 3.75. The minimum Gasteiger partial charge on any atom is -0.349 e. The van der Waals surface area contributed by atoms with Crippen LogP contribution in [-0.2, 0) is 0 Å². The van der Waals surface area contributed by atoms with Gasteiger partial charge in [-0.2, -0.15) is 0 Å². The van der Waals surface area contributed by atoms with E-state index in [-0.39, 0.29) is 11.9 Å². The van der Waals surface area contributed by atoms with Crippen molar-refractivity contribution in [3.63, 3.8) is 0 Å². The summed E-state index contributed by atoms with van der Waals surface area (Å²) in [6, 6.07) is 1.67. The minimum absolute atomic E-state index is 0.0595. The molecule has 3 nitrogen and oxygen atoms in total. The number of hydrogen-bond donors (Lipinski definition) is 1. The van der Waals surface area contributed by atoms with Gasteiger partial charge in [0.05, 0.1) is 10.6 Å². The third-order valence-electron chi connectivity index (χ3n) is 2.56. The Kier molecular flexibility index (Phi) is 5.72. The summed E-state index contributed by atoms with van der Waals surface area (Å²) < 4.78 is 0. The SMILES string of the molecule is CC(C)C(CCCl)NC(=O)c1ccncc1Cl. The van der Waals surface area contributed by atoms with E-state index in [1.165, 1.54) is 6.20 Å². The highest BCUT2D eigenvalue weighted by Crippen LogP contribution is 2.15. The molecule has 0 aliphatic heterocycles. The Bertz CT molecular complexity index is 383. The highest BCUT2D eigenvalue weighted by molar-refractivity contribution is 6.33. The molecule has 5 heteroatoms. The van der Waals surface area contributed by atoms with Crippen molar-refractivity contribution < 1.29 is 4.79 Å². The van der Waals surface area contributed by atoms with Crippen molar-refractivity contribution >= 4 is 29.1 Å². The van der Waals surface area contributed by atoms with E-state index < -0.39 is 0 Å². The lowest BCUT2D eigenvalue weighted by Gasteiger charge is -2.21. The van der Waals surface area contributed by atoms with Crippen LogP contribution in [-0.4, -0.2) is 22.8 Å². The highest BCUT2D eigenvalue weighted by Gasteiger charge is 2.18. The molecular formula is C12H16Cl2N2O. The average Bonchev–Trinajstić information content (AvgIpc) is 2.28. The lowest BCUT2D eigenvalue weighted by molar-refractivity contribution is 0.0925. The molecule has 0 bridgehead atoms. The van der Waals surface area contributed by atoms with Gasteiger partial charge in [0.2, 0.25) is 0 Å². The van der Waals surface area contributed by atoms with Crippen LogP contribution in [0.3, 0.4) is 0 Å². The van der Waals surface area contributed by atoms with Gasteiger partial charge in [-0.05, 0) is 18.4 Å². The molecule has 0 saturated heterocycles. The molecule has 1 heterocycles. The number of nitrogens with zero attached hydrogens (tertiary/aromatic N) is 1. The van der Waals surface area contributed by atoms with Crippen LogP contribution < -0.4 is 5.32 Å². The van der Waals surface area contributed by atoms with Crippen molar-refractivity contribution in [2.75, 3.05) is 5.88 Å². The topological polar surface area (TPSA) is 42.0 Å². The standard InChI is InChI=1S/C12H16Cl2N2O/c1-8(2)11(3-5-13)16-12(17)9-4-6-15-7-10(9)14/h4,6-8,11H,3,5H2,1-2H3,(H,16,17). The monoisotopic (exact) mass is 274 g/mol. The molecule has 1 rings (SSSR count). The van der Waals surface area contributed by atoms with E-state index in [2.05, 4.69) is 10.3 Å². The quantitative estimate of drug-likeness (QED) is 0.839. The van der Waals surface area contributed by atoms with Crippen molar-refractivity contribution in [1.82, 2.24) is 10.3 Å². The van der Waals surface area contributed by atoms with Gasteiger partial charge >= 0.3 is 0 Å². The number of amides is 1. The van der Waals surface area contributed by atoms with Crippen molar-refractivity contribution in [2.45, 2.75) is 26.3 Å². The molecule has 1 aromatic rings. The molecule has 0 saturated carbocycles. The van der Waals surface area contributed by atoms with Gasteiger partial charge in [-0.1, -0.05) is 25.4 Å². The number of rotatable bonds is 5. The van der Waals surface area contributed by atoms with Crippen molar-refractivity contribution in [3.05, 3.63) is 29.0 Å². The van der Waals surface area contributed by atoms with Crippen LogP contribution >= 0.6 is 23.2 Å². The minimum atomic E-state index is -0.179. The van der Waals surface area contributed by atoms with E-state index >= 15 is 0 Å². The lowest BCUT2D eigenvalue weighted by Crippen LogP contribution is -2.39. The fourth-order valence-corrected chi connectivity index (χ4v) is 1.94. The third kappa shape index (κ3) is 4.17. The van der Waals surface area contributed by atoms with E-state index in [1.807, 2.05) is 13.8 Å². The predicted molar refractivity (Wildman–Crippen MR) is 70.7 cm³/mol. The fraction of sp³-hybridized carbons (Fsp3) is 0.500. The summed E-state index contributed by atoms with van der Waals surface area (Å²) in [4.78, 5) is 15.8. The van der Waals surface area contributed by atoms with E-state index in [0.717, 1.165) is 6.42 Å². The second kappa shape index (κ2) is 6.82. The van der Waals surface area contributed by atoms with Gasteiger partial charge in [-0.25, -0.2) is 0 Å². The largest absolute Gasteiger partial charge is 0.349 e. The molecule has 1 amide bonds. The summed E-state index contributed by atoms with van der Waals surface area (Å²) in [7, 11) is 0. The number of pyridine rings is 1. The van der Waals surface area contributed by atoms with Crippen molar-refractivity contribution in [1.29, 1.82) is 0 Å². The normalized spacial score (nSPS) is 12.5. The van der Waals surface area contributed by atoms with E-state index in [9.17, 15) is 4.79 Å². The molecule has 1 N–H and O–H groups in total. The Hall–Kier alpha value is -0.800. The van der Waals surface area contributed by atoms with Gasteiger partial charge in [0.25, 0.3) is 5.91 Å². The maximum Gasteiger partial charge on any atom is 0.253 e. The summed E-state index contributed by atoms with van der Waals surface area (Å²) in [6.45, 7) is 4.09. The molecular weight excluding hydrogens is 259 g/mol. The number of hydrogen-bond acceptors (Lipinski definition) is 2. The van der Waals surface area contributed by atoms with E-state index in [1.54, 1.807) is 12.3 Å². The number of carbonyl (C=O) groups is 1. The zero-order chi connectivity index (χ0) is 12.8. The summed E-state index contributed by atoms with van der Waals surface area (Å²) in [5.41, 5.74) is 0.446. The third-order valence-corrected chi connectivity index (χ3v) is 3.08. The number of carbonyl (C=O) groups excluding carboxylic acids is 1. The first-order valence-electron chi connectivity index (χ1n) is 5.52. The number of alkyl halides is 1. The smallest absolute Gasteiger partial charge is 0.253 e. The van der Waals surface area contributed by atoms with Crippen LogP contribution in [0.15, 0.2) is 18.5 Å². The van der Waals surface area contributed by atoms with Crippen molar-refractivity contribution in [2.24, 2.45) is 5.92 Å². The first-order valence-corrected chi connectivity index (χ1v) is 6.43. The predicted octanol–water partition coefficient (Wildman–Crippen LogP) is 3.12. The van der Waals surface area contributed by atoms with Crippen LogP contribution in [0.1, 0.15) is 30.6 Å². The summed E-state index contributed by atoms with van der Waals surface area (Å²) >= 11 is 11.6. The Labute approximate surface area is 112 Å². The van der Waals surface area contributed by atoms with Gasteiger partial charge in [0.15, 0.2) is 0 Å². The van der Waals surface area contributed by atoms with Crippen LogP contribution in [0.2, 0.25) is 5.02 Å². The lowest BCUT2D eigenvalue weighted by atomic mass is 10.0. The van der Waals surface area contributed by atoms with E-state index in [0.29, 0.717) is 22.4 Å².